The molecule has 20 heavy (non-hydrogen) atoms. The zero-order chi connectivity index (χ0) is 14.3. The Morgan fingerprint density at radius 3 is 2.45 bits per heavy atom. The maximum absolute atomic E-state index is 10.9. The van der Waals surface area contributed by atoms with Crippen molar-refractivity contribution >= 4 is 24.1 Å². The highest BCUT2D eigenvalue weighted by Crippen LogP contribution is 2.12. The molecule has 0 saturated heterocycles. The number of nitro benzene ring substituents is 1. The van der Waals surface area contributed by atoms with Crippen LogP contribution in [0.15, 0.2) is 24.3 Å². The van der Waals surface area contributed by atoms with Gasteiger partial charge in [0.15, 0.2) is 0 Å². The standard InChI is InChI=1S/C13H18N2O4.ClH/c1-2-3-12(13(16)17)14-9-8-10-4-6-11(7-5-10)15(18)19;/h4-7,12,14H,2-3,8-9H2,1H3,(H,16,17);1H. The average Bonchev–Trinajstić information content (AvgIpc) is 2.38. The Kier molecular flexibility index (Phi) is 8.51. The van der Waals surface area contributed by atoms with Crippen molar-refractivity contribution in [2.45, 2.75) is 32.2 Å². The Bertz CT molecular complexity index is 437. The van der Waals surface area contributed by atoms with E-state index in [2.05, 4.69) is 5.32 Å². The number of aliphatic carboxylic acids is 1. The second-order valence-electron chi connectivity index (χ2n) is 4.31. The zero-order valence-electron chi connectivity index (χ0n) is 11.2. The van der Waals surface area contributed by atoms with E-state index in [1.165, 1.54) is 12.1 Å². The highest BCUT2D eigenvalue weighted by atomic mass is 35.5. The molecule has 0 spiro atoms. The van der Waals surface area contributed by atoms with E-state index in [0.717, 1.165) is 12.0 Å². The van der Waals surface area contributed by atoms with Crippen LogP contribution in [0, 0.1) is 10.1 Å². The molecule has 6 nitrogen and oxygen atoms in total. The molecule has 112 valence electrons. The van der Waals surface area contributed by atoms with E-state index in [1.807, 2.05) is 6.92 Å². The Morgan fingerprint density at radius 2 is 2.00 bits per heavy atom. The normalized spacial score (nSPS) is 11.4. The minimum atomic E-state index is -0.842. The van der Waals surface area contributed by atoms with Crippen molar-refractivity contribution in [2.75, 3.05) is 6.54 Å². The number of nitrogens with zero attached hydrogens (tertiary/aromatic N) is 1. The number of halogens is 1. The lowest BCUT2D eigenvalue weighted by Crippen LogP contribution is -2.37. The third kappa shape index (κ3) is 5.99. The molecule has 1 unspecified atom stereocenters. The fraction of sp³-hybridized carbons (Fsp3) is 0.462. The third-order valence-corrected chi connectivity index (χ3v) is 2.83. The molecule has 2 N–H and O–H groups in total. The van der Waals surface area contributed by atoms with Gasteiger partial charge in [0, 0.05) is 12.1 Å². The van der Waals surface area contributed by atoms with Gasteiger partial charge in [-0.25, -0.2) is 0 Å². The minimum absolute atomic E-state index is 0. The van der Waals surface area contributed by atoms with Crippen LogP contribution in [0.3, 0.4) is 0 Å². The summed E-state index contributed by atoms with van der Waals surface area (Å²) >= 11 is 0. The van der Waals surface area contributed by atoms with Gasteiger partial charge in [-0.2, -0.15) is 0 Å². The average molecular weight is 303 g/mol. The molecule has 0 aromatic heterocycles. The molecule has 0 bridgehead atoms. The number of non-ortho nitro benzene ring substituents is 1. The predicted octanol–water partition coefficient (Wildman–Crippen LogP) is 2.40. The summed E-state index contributed by atoms with van der Waals surface area (Å²) in [6, 6.07) is 5.76. The SMILES string of the molecule is CCCC(NCCc1ccc([N+](=O)[O-])cc1)C(=O)O.Cl. The quantitative estimate of drug-likeness (QED) is 0.568. The molecule has 1 aromatic carbocycles. The fourth-order valence-electron chi connectivity index (χ4n) is 1.78. The van der Waals surface area contributed by atoms with Gasteiger partial charge in [-0.05, 0) is 24.9 Å². The van der Waals surface area contributed by atoms with Gasteiger partial charge in [-0.15, -0.1) is 12.4 Å². The monoisotopic (exact) mass is 302 g/mol. The van der Waals surface area contributed by atoms with E-state index in [4.69, 9.17) is 5.11 Å². The highest BCUT2D eigenvalue weighted by Gasteiger charge is 2.14. The van der Waals surface area contributed by atoms with Crippen LogP contribution in [0.2, 0.25) is 0 Å². The first kappa shape index (κ1) is 18.3. The van der Waals surface area contributed by atoms with Gasteiger partial charge in [-0.3, -0.25) is 14.9 Å². The van der Waals surface area contributed by atoms with Crippen molar-refractivity contribution < 1.29 is 14.8 Å². The van der Waals surface area contributed by atoms with E-state index in [-0.39, 0.29) is 18.1 Å². The Balaban J connectivity index is 0.00000361. The first-order chi connectivity index (χ1) is 9.04. The summed E-state index contributed by atoms with van der Waals surface area (Å²) in [7, 11) is 0. The second kappa shape index (κ2) is 9.28. The van der Waals surface area contributed by atoms with Crippen LogP contribution in [0.4, 0.5) is 5.69 Å². The number of carbonyl (C=O) groups is 1. The van der Waals surface area contributed by atoms with E-state index in [0.29, 0.717) is 19.4 Å². The van der Waals surface area contributed by atoms with Gasteiger partial charge >= 0.3 is 5.97 Å². The van der Waals surface area contributed by atoms with Gasteiger partial charge in [0.25, 0.3) is 5.69 Å². The number of carboxylic acids is 1. The zero-order valence-corrected chi connectivity index (χ0v) is 12.1. The number of carboxylic acid groups (broad SMARTS) is 1. The van der Waals surface area contributed by atoms with E-state index in [9.17, 15) is 14.9 Å². The topological polar surface area (TPSA) is 92.5 Å². The van der Waals surface area contributed by atoms with Crippen LogP contribution in [0.25, 0.3) is 0 Å². The van der Waals surface area contributed by atoms with Crippen molar-refractivity contribution in [1.82, 2.24) is 5.32 Å². The fourth-order valence-corrected chi connectivity index (χ4v) is 1.78. The molecule has 0 fully saturated rings. The van der Waals surface area contributed by atoms with Crippen molar-refractivity contribution in [3.8, 4) is 0 Å². The number of hydrogen-bond donors (Lipinski definition) is 2. The molecule has 0 radical (unpaired) electrons. The van der Waals surface area contributed by atoms with Crippen LogP contribution >= 0.6 is 12.4 Å². The van der Waals surface area contributed by atoms with Crippen LogP contribution in [0.1, 0.15) is 25.3 Å². The molecule has 1 aromatic rings. The van der Waals surface area contributed by atoms with E-state index < -0.39 is 16.9 Å². The van der Waals surface area contributed by atoms with Gasteiger partial charge < -0.3 is 10.4 Å². The molecule has 0 amide bonds. The third-order valence-electron chi connectivity index (χ3n) is 2.83. The summed E-state index contributed by atoms with van der Waals surface area (Å²) in [6.45, 7) is 2.47. The molecule has 0 saturated carbocycles. The molecular formula is C13H19ClN2O4. The van der Waals surface area contributed by atoms with Crippen LogP contribution in [-0.2, 0) is 11.2 Å². The molecule has 0 aliphatic carbocycles. The highest BCUT2D eigenvalue weighted by molar-refractivity contribution is 5.85. The van der Waals surface area contributed by atoms with Crippen LogP contribution < -0.4 is 5.32 Å². The summed E-state index contributed by atoms with van der Waals surface area (Å²) in [5, 5.41) is 22.4. The van der Waals surface area contributed by atoms with E-state index >= 15 is 0 Å². The maximum atomic E-state index is 10.9. The van der Waals surface area contributed by atoms with Crippen LogP contribution in [0.5, 0.6) is 0 Å². The van der Waals surface area contributed by atoms with Gasteiger partial charge in [0.05, 0.1) is 4.92 Å². The Labute approximate surface area is 123 Å². The van der Waals surface area contributed by atoms with Crippen molar-refractivity contribution in [3.05, 3.63) is 39.9 Å². The van der Waals surface area contributed by atoms with Gasteiger partial charge in [-0.1, -0.05) is 25.5 Å². The second-order valence-corrected chi connectivity index (χ2v) is 4.31. The Morgan fingerprint density at radius 1 is 1.40 bits per heavy atom. The molecule has 0 aliphatic rings. The lowest BCUT2D eigenvalue weighted by molar-refractivity contribution is -0.384. The summed E-state index contributed by atoms with van der Waals surface area (Å²) < 4.78 is 0. The maximum Gasteiger partial charge on any atom is 0.320 e. The summed E-state index contributed by atoms with van der Waals surface area (Å²) in [5.74, 6) is -0.842. The summed E-state index contributed by atoms with van der Waals surface area (Å²) in [6.07, 6.45) is 2.04. The Hall–Kier alpha value is -1.66. The van der Waals surface area contributed by atoms with Crippen molar-refractivity contribution in [1.29, 1.82) is 0 Å². The molecule has 0 aliphatic heterocycles. The molecule has 0 heterocycles. The lowest BCUT2D eigenvalue weighted by Gasteiger charge is -2.13. The first-order valence-corrected chi connectivity index (χ1v) is 6.24. The van der Waals surface area contributed by atoms with Crippen molar-refractivity contribution in [2.24, 2.45) is 0 Å². The first-order valence-electron chi connectivity index (χ1n) is 6.24. The summed E-state index contributed by atoms with van der Waals surface area (Å²) in [5.41, 5.74) is 1.00. The molecular weight excluding hydrogens is 284 g/mol. The predicted molar refractivity (Wildman–Crippen MR) is 78.4 cm³/mol. The number of benzene rings is 1. The molecule has 7 heteroatoms. The van der Waals surface area contributed by atoms with Gasteiger partial charge in [0.1, 0.15) is 6.04 Å². The summed E-state index contributed by atoms with van der Waals surface area (Å²) in [4.78, 5) is 21.0. The van der Waals surface area contributed by atoms with E-state index in [1.54, 1.807) is 12.1 Å². The lowest BCUT2D eigenvalue weighted by atomic mass is 10.1. The number of nitro groups is 1. The largest absolute Gasteiger partial charge is 0.480 e. The number of rotatable bonds is 8. The smallest absolute Gasteiger partial charge is 0.320 e. The number of hydrogen-bond acceptors (Lipinski definition) is 4. The number of nitrogens with one attached hydrogen (secondary N) is 1. The minimum Gasteiger partial charge on any atom is -0.480 e. The van der Waals surface area contributed by atoms with Gasteiger partial charge in [0.2, 0.25) is 0 Å². The molecule has 1 atom stereocenters. The molecule has 1 rings (SSSR count). The van der Waals surface area contributed by atoms with Crippen LogP contribution in [-0.4, -0.2) is 28.6 Å². The van der Waals surface area contributed by atoms with Crippen molar-refractivity contribution in [3.63, 3.8) is 0 Å².